The summed E-state index contributed by atoms with van der Waals surface area (Å²) >= 11 is 0. The number of nitrogens with one attached hydrogen (secondary N) is 1. The van der Waals surface area contributed by atoms with E-state index in [1.165, 1.54) is 30.6 Å². The van der Waals surface area contributed by atoms with Crippen LogP contribution in [-0.4, -0.2) is 41.2 Å². The molecule has 2 aliphatic rings. The van der Waals surface area contributed by atoms with Gasteiger partial charge < -0.3 is 10.2 Å². The van der Waals surface area contributed by atoms with Crippen molar-refractivity contribution in [2.75, 3.05) is 18.9 Å². The van der Waals surface area contributed by atoms with Crippen LogP contribution < -0.4 is 5.32 Å². The molecule has 0 aromatic heterocycles. The minimum Gasteiger partial charge on any atom is -0.327 e. The summed E-state index contributed by atoms with van der Waals surface area (Å²) in [4.78, 5) is 39.1. The maximum atomic E-state index is 12.5. The van der Waals surface area contributed by atoms with Gasteiger partial charge in [-0.2, -0.15) is 0 Å². The van der Waals surface area contributed by atoms with Crippen LogP contribution in [0.4, 0.5) is 10.5 Å². The highest BCUT2D eigenvalue weighted by Crippen LogP contribution is 2.26. The lowest BCUT2D eigenvalue weighted by molar-refractivity contribution is -0.139. The molecule has 2 fully saturated rings. The average molecular weight is 343 g/mol. The summed E-state index contributed by atoms with van der Waals surface area (Å²) in [5.74, 6) is 0.291. The third kappa shape index (κ3) is 4.18. The second kappa shape index (κ2) is 7.68. The number of carbonyl (C=O) groups is 3. The van der Waals surface area contributed by atoms with Gasteiger partial charge in [0.05, 0.1) is 6.54 Å². The number of imide groups is 1. The first-order chi connectivity index (χ1) is 12.0. The Labute approximate surface area is 148 Å². The van der Waals surface area contributed by atoms with E-state index in [0.717, 1.165) is 12.1 Å². The Kier molecular flexibility index (Phi) is 5.36. The number of amides is 4. The van der Waals surface area contributed by atoms with Gasteiger partial charge in [0.15, 0.2) is 0 Å². The van der Waals surface area contributed by atoms with Gasteiger partial charge in [-0.15, -0.1) is 0 Å². The lowest BCUT2D eigenvalue weighted by Gasteiger charge is -2.23. The van der Waals surface area contributed by atoms with Gasteiger partial charge in [0.1, 0.15) is 0 Å². The highest BCUT2D eigenvalue weighted by molar-refractivity contribution is 6.02. The van der Waals surface area contributed by atoms with Crippen molar-refractivity contribution in [2.24, 2.45) is 5.92 Å². The standard InChI is InChI=1S/C19H25N3O3/c1-21(12-14-6-2-3-7-14)19(25)20-16-9-5-4-8-15(16)13-22-17(23)10-11-18(22)24/h4-5,8-9,14H,2-3,6-7,10-13H2,1H3,(H,20,25). The van der Waals surface area contributed by atoms with Gasteiger partial charge in [0, 0.05) is 32.1 Å². The van der Waals surface area contributed by atoms with Gasteiger partial charge in [0.2, 0.25) is 11.8 Å². The SMILES string of the molecule is CN(CC1CCCC1)C(=O)Nc1ccccc1CN1C(=O)CCC1=O. The summed E-state index contributed by atoms with van der Waals surface area (Å²) in [5, 5.41) is 2.93. The number of hydrogen-bond acceptors (Lipinski definition) is 3. The lowest BCUT2D eigenvalue weighted by atomic mass is 10.1. The molecule has 0 atom stereocenters. The van der Waals surface area contributed by atoms with E-state index in [2.05, 4.69) is 5.32 Å². The Hall–Kier alpha value is -2.37. The third-order valence-corrected chi connectivity index (χ3v) is 5.10. The molecular weight excluding hydrogens is 318 g/mol. The fourth-order valence-electron chi connectivity index (χ4n) is 3.62. The predicted octanol–water partition coefficient (Wildman–Crippen LogP) is 2.99. The van der Waals surface area contributed by atoms with E-state index in [4.69, 9.17) is 0 Å². The second-order valence-corrected chi connectivity index (χ2v) is 6.99. The maximum absolute atomic E-state index is 12.5. The summed E-state index contributed by atoms with van der Waals surface area (Å²) < 4.78 is 0. The van der Waals surface area contributed by atoms with Crippen LogP contribution in [0, 0.1) is 5.92 Å². The molecule has 134 valence electrons. The van der Waals surface area contributed by atoms with Crippen LogP contribution in [0.15, 0.2) is 24.3 Å². The van der Waals surface area contributed by atoms with Crippen LogP contribution in [0.25, 0.3) is 0 Å². The quantitative estimate of drug-likeness (QED) is 0.836. The number of nitrogens with zero attached hydrogens (tertiary/aromatic N) is 2. The van der Waals surface area contributed by atoms with E-state index in [1.54, 1.807) is 4.90 Å². The molecule has 3 rings (SSSR count). The van der Waals surface area contributed by atoms with Gasteiger partial charge in [0.25, 0.3) is 0 Å². The monoisotopic (exact) mass is 343 g/mol. The lowest BCUT2D eigenvalue weighted by Crippen LogP contribution is -2.35. The predicted molar refractivity (Wildman–Crippen MR) is 94.8 cm³/mol. The summed E-state index contributed by atoms with van der Waals surface area (Å²) in [6, 6.07) is 7.17. The largest absolute Gasteiger partial charge is 0.327 e. The van der Waals surface area contributed by atoms with Gasteiger partial charge in [-0.3, -0.25) is 14.5 Å². The molecule has 1 saturated heterocycles. The number of hydrogen-bond donors (Lipinski definition) is 1. The molecule has 4 amide bonds. The third-order valence-electron chi connectivity index (χ3n) is 5.10. The first-order valence-electron chi connectivity index (χ1n) is 8.98. The Morgan fingerprint density at radius 1 is 1.16 bits per heavy atom. The Bertz CT molecular complexity index is 652. The highest BCUT2D eigenvalue weighted by Gasteiger charge is 2.29. The van der Waals surface area contributed by atoms with E-state index in [1.807, 2.05) is 31.3 Å². The van der Waals surface area contributed by atoms with E-state index in [9.17, 15) is 14.4 Å². The van der Waals surface area contributed by atoms with Crippen molar-refractivity contribution in [1.29, 1.82) is 0 Å². The first kappa shape index (κ1) is 17.5. The second-order valence-electron chi connectivity index (χ2n) is 6.99. The molecule has 1 aromatic rings. The highest BCUT2D eigenvalue weighted by atomic mass is 16.2. The van der Waals surface area contributed by atoms with Crippen molar-refractivity contribution in [2.45, 2.75) is 45.1 Å². The maximum Gasteiger partial charge on any atom is 0.321 e. The molecule has 1 aliphatic carbocycles. The number of likely N-dealkylation sites (tertiary alicyclic amines) is 1. The zero-order valence-corrected chi connectivity index (χ0v) is 14.7. The number of anilines is 1. The van der Waals surface area contributed by atoms with Gasteiger partial charge in [-0.1, -0.05) is 31.0 Å². The Morgan fingerprint density at radius 2 is 1.80 bits per heavy atom. The average Bonchev–Trinajstić information content (AvgIpc) is 3.21. The Balaban J connectivity index is 1.64. The molecule has 0 spiro atoms. The molecule has 1 aromatic carbocycles. The number of urea groups is 1. The molecule has 1 saturated carbocycles. The van der Waals surface area contributed by atoms with E-state index < -0.39 is 0 Å². The molecule has 25 heavy (non-hydrogen) atoms. The fourth-order valence-corrected chi connectivity index (χ4v) is 3.62. The smallest absolute Gasteiger partial charge is 0.321 e. The summed E-state index contributed by atoms with van der Waals surface area (Å²) in [5.41, 5.74) is 1.42. The molecule has 1 aliphatic heterocycles. The first-order valence-corrected chi connectivity index (χ1v) is 8.98. The summed E-state index contributed by atoms with van der Waals surface area (Å²) in [7, 11) is 1.81. The van der Waals surface area contributed by atoms with Crippen molar-refractivity contribution >= 4 is 23.5 Å². The van der Waals surface area contributed by atoms with E-state index in [0.29, 0.717) is 11.6 Å². The fraction of sp³-hybridized carbons (Fsp3) is 0.526. The number of benzene rings is 1. The molecule has 1 heterocycles. The van der Waals surface area contributed by atoms with Crippen molar-refractivity contribution in [3.05, 3.63) is 29.8 Å². The van der Waals surface area contributed by atoms with Crippen LogP contribution in [-0.2, 0) is 16.1 Å². The van der Waals surface area contributed by atoms with Crippen LogP contribution >= 0.6 is 0 Å². The minimum atomic E-state index is -0.154. The summed E-state index contributed by atoms with van der Waals surface area (Å²) in [6.07, 6.45) is 5.43. The van der Waals surface area contributed by atoms with Crippen LogP contribution in [0.5, 0.6) is 0 Å². The normalized spacial score (nSPS) is 18.0. The van der Waals surface area contributed by atoms with Gasteiger partial charge >= 0.3 is 6.03 Å². The molecule has 6 heteroatoms. The van der Waals surface area contributed by atoms with Gasteiger partial charge in [-0.05, 0) is 30.4 Å². The molecule has 6 nitrogen and oxygen atoms in total. The molecule has 0 bridgehead atoms. The zero-order chi connectivity index (χ0) is 17.8. The van der Waals surface area contributed by atoms with Gasteiger partial charge in [-0.25, -0.2) is 4.79 Å². The van der Waals surface area contributed by atoms with Crippen LogP contribution in [0.3, 0.4) is 0 Å². The van der Waals surface area contributed by atoms with E-state index in [-0.39, 0.29) is 37.2 Å². The van der Waals surface area contributed by atoms with Crippen molar-refractivity contribution < 1.29 is 14.4 Å². The molecular formula is C19H25N3O3. The Morgan fingerprint density at radius 3 is 2.48 bits per heavy atom. The topological polar surface area (TPSA) is 69.7 Å². The molecule has 0 radical (unpaired) electrons. The number of para-hydroxylation sites is 1. The van der Waals surface area contributed by atoms with Crippen molar-refractivity contribution in [3.8, 4) is 0 Å². The number of rotatable bonds is 5. The van der Waals surface area contributed by atoms with Crippen LogP contribution in [0.2, 0.25) is 0 Å². The molecule has 0 unspecified atom stereocenters. The summed E-state index contributed by atoms with van der Waals surface area (Å²) in [6.45, 7) is 0.970. The zero-order valence-electron chi connectivity index (χ0n) is 14.7. The molecule has 1 N–H and O–H groups in total. The van der Waals surface area contributed by atoms with Crippen molar-refractivity contribution in [1.82, 2.24) is 9.80 Å². The van der Waals surface area contributed by atoms with Crippen LogP contribution in [0.1, 0.15) is 44.1 Å². The number of carbonyl (C=O) groups excluding carboxylic acids is 3. The minimum absolute atomic E-state index is 0.149. The van der Waals surface area contributed by atoms with Crippen molar-refractivity contribution in [3.63, 3.8) is 0 Å². The van der Waals surface area contributed by atoms with E-state index >= 15 is 0 Å².